The minimum atomic E-state index is 0.521. The Labute approximate surface area is 176 Å². The van der Waals surface area contributed by atoms with Crippen LogP contribution in [0.4, 0.5) is 5.82 Å². The zero-order valence-electron chi connectivity index (χ0n) is 17.4. The zero-order chi connectivity index (χ0) is 20.5. The van der Waals surface area contributed by atoms with E-state index in [1.807, 2.05) is 10.7 Å². The maximum absolute atomic E-state index is 9.62. The highest BCUT2D eigenvalue weighted by Crippen LogP contribution is 2.34. The summed E-state index contributed by atoms with van der Waals surface area (Å²) in [5.41, 5.74) is 4.84. The van der Waals surface area contributed by atoms with Gasteiger partial charge in [0.05, 0.1) is 17.3 Å². The Morgan fingerprint density at radius 2 is 1.90 bits per heavy atom. The van der Waals surface area contributed by atoms with Crippen molar-refractivity contribution in [1.82, 2.24) is 24.8 Å². The number of rotatable bonds is 3. The average Bonchev–Trinajstić information content (AvgIpc) is 3.23. The summed E-state index contributed by atoms with van der Waals surface area (Å²) in [6, 6.07) is 8.79. The number of nitrogens with zero attached hydrogens (tertiary/aromatic N) is 6. The Morgan fingerprint density at radius 1 is 1.10 bits per heavy atom. The van der Waals surface area contributed by atoms with Crippen molar-refractivity contribution in [3.63, 3.8) is 0 Å². The van der Waals surface area contributed by atoms with Crippen LogP contribution in [0.3, 0.4) is 0 Å². The lowest BCUT2D eigenvalue weighted by molar-refractivity contribution is 0.255. The number of hydrogen-bond donors (Lipinski definition) is 1. The van der Waals surface area contributed by atoms with Gasteiger partial charge in [-0.3, -0.25) is 0 Å². The summed E-state index contributed by atoms with van der Waals surface area (Å²) in [6.07, 6.45) is 8.01. The molecule has 0 amide bonds. The molecule has 5 heterocycles. The largest absolute Gasteiger partial charge is 0.354 e. The number of pyridine rings is 2. The maximum atomic E-state index is 9.62. The van der Waals surface area contributed by atoms with Gasteiger partial charge < -0.3 is 15.1 Å². The van der Waals surface area contributed by atoms with Crippen molar-refractivity contribution in [3.8, 4) is 17.2 Å². The Morgan fingerprint density at radius 3 is 2.60 bits per heavy atom. The second-order valence-corrected chi connectivity index (χ2v) is 8.37. The van der Waals surface area contributed by atoms with E-state index in [1.165, 1.54) is 5.56 Å². The van der Waals surface area contributed by atoms with Crippen molar-refractivity contribution >= 4 is 11.3 Å². The van der Waals surface area contributed by atoms with Crippen molar-refractivity contribution in [2.75, 3.05) is 51.2 Å². The molecule has 2 aliphatic heterocycles. The predicted molar refractivity (Wildman–Crippen MR) is 118 cm³/mol. The molecule has 0 spiro atoms. The third-order valence-corrected chi connectivity index (χ3v) is 6.44. The number of fused-ring (bicyclic) bond motifs is 1. The van der Waals surface area contributed by atoms with E-state index in [0.717, 1.165) is 74.6 Å². The van der Waals surface area contributed by atoms with Gasteiger partial charge in [-0.25, -0.2) is 9.50 Å². The molecule has 0 aliphatic carbocycles. The highest BCUT2D eigenvalue weighted by molar-refractivity contribution is 5.84. The van der Waals surface area contributed by atoms with Gasteiger partial charge in [-0.1, -0.05) is 0 Å². The molecule has 0 bridgehead atoms. The fourth-order valence-electron chi connectivity index (χ4n) is 4.64. The lowest BCUT2D eigenvalue weighted by atomic mass is 9.89. The molecule has 2 fully saturated rings. The minimum absolute atomic E-state index is 0.521. The number of piperidine rings is 1. The number of piperazine rings is 1. The van der Waals surface area contributed by atoms with Gasteiger partial charge in [0.2, 0.25) is 0 Å². The SMILES string of the molecule is CN1CCC(c2cc(-c3ccc(N4CCNCC4)nc3)c3c(C#N)cnn3c2)CC1. The van der Waals surface area contributed by atoms with Gasteiger partial charge in [-0.15, -0.1) is 0 Å². The average molecular weight is 402 g/mol. The molecule has 0 saturated carbocycles. The van der Waals surface area contributed by atoms with E-state index in [0.29, 0.717) is 11.5 Å². The Bertz CT molecular complexity index is 1070. The standard InChI is InChI=1S/C23H27N7/c1-28-8-4-17(5-9-28)19-12-21(23-20(13-24)15-27-30(23)16-19)18-2-3-22(26-14-18)29-10-6-25-7-11-29/h2-3,12,14-17,25H,4-11H2,1H3. The van der Waals surface area contributed by atoms with Crippen LogP contribution in [0.1, 0.15) is 29.9 Å². The molecule has 3 aromatic heterocycles. The minimum Gasteiger partial charge on any atom is -0.354 e. The number of anilines is 1. The molecule has 0 aromatic carbocycles. The Kier molecular flexibility index (Phi) is 5.11. The summed E-state index contributed by atoms with van der Waals surface area (Å²) >= 11 is 0. The van der Waals surface area contributed by atoms with Gasteiger partial charge in [0.1, 0.15) is 11.9 Å². The third kappa shape index (κ3) is 3.53. The molecule has 30 heavy (non-hydrogen) atoms. The Hall–Kier alpha value is -2.95. The van der Waals surface area contributed by atoms with Crippen LogP contribution in [0.5, 0.6) is 0 Å². The number of hydrogen-bond acceptors (Lipinski definition) is 6. The normalized spacial score (nSPS) is 18.6. The first-order chi connectivity index (χ1) is 14.7. The Balaban J connectivity index is 1.54. The second-order valence-electron chi connectivity index (χ2n) is 8.37. The van der Waals surface area contributed by atoms with Crippen LogP contribution in [0, 0.1) is 11.3 Å². The van der Waals surface area contributed by atoms with Crippen LogP contribution in [0.2, 0.25) is 0 Å². The monoisotopic (exact) mass is 401 g/mol. The van der Waals surface area contributed by atoms with Crippen LogP contribution in [0.15, 0.2) is 36.8 Å². The van der Waals surface area contributed by atoms with Gasteiger partial charge in [-0.2, -0.15) is 10.4 Å². The molecule has 7 nitrogen and oxygen atoms in total. The molecule has 0 atom stereocenters. The summed E-state index contributed by atoms with van der Waals surface area (Å²) < 4.78 is 1.88. The van der Waals surface area contributed by atoms with E-state index < -0.39 is 0 Å². The van der Waals surface area contributed by atoms with Crippen LogP contribution < -0.4 is 10.2 Å². The molecule has 2 aliphatic rings. The van der Waals surface area contributed by atoms with Gasteiger partial charge in [-0.05, 0) is 62.7 Å². The van der Waals surface area contributed by atoms with Crippen molar-refractivity contribution in [2.24, 2.45) is 0 Å². The molecule has 2 saturated heterocycles. The molecule has 0 unspecified atom stereocenters. The highest BCUT2D eigenvalue weighted by Gasteiger charge is 2.22. The van der Waals surface area contributed by atoms with Crippen molar-refractivity contribution in [3.05, 3.63) is 47.9 Å². The molecule has 154 valence electrons. The fourth-order valence-corrected chi connectivity index (χ4v) is 4.64. The lowest BCUT2D eigenvalue weighted by Crippen LogP contribution is -2.43. The number of nitrogens with one attached hydrogen (secondary N) is 1. The quantitative estimate of drug-likeness (QED) is 0.727. The van der Waals surface area contributed by atoms with Gasteiger partial charge >= 0.3 is 0 Å². The smallest absolute Gasteiger partial charge is 0.128 e. The highest BCUT2D eigenvalue weighted by atomic mass is 15.2. The first-order valence-corrected chi connectivity index (χ1v) is 10.7. The second kappa shape index (κ2) is 8.05. The van der Waals surface area contributed by atoms with E-state index in [-0.39, 0.29) is 0 Å². The molecule has 3 aromatic rings. The van der Waals surface area contributed by atoms with Crippen molar-refractivity contribution < 1.29 is 0 Å². The molecular formula is C23H27N7. The van der Waals surface area contributed by atoms with Gasteiger partial charge in [0, 0.05) is 49.7 Å². The van der Waals surface area contributed by atoms with Gasteiger partial charge in [0.25, 0.3) is 0 Å². The summed E-state index contributed by atoms with van der Waals surface area (Å²) in [5, 5.41) is 17.5. The van der Waals surface area contributed by atoms with Crippen LogP contribution >= 0.6 is 0 Å². The van der Waals surface area contributed by atoms with E-state index in [2.05, 4.69) is 57.7 Å². The van der Waals surface area contributed by atoms with Gasteiger partial charge in [0.15, 0.2) is 0 Å². The summed E-state index contributed by atoms with van der Waals surface area (Å²) in [6.45, 7) is 6.16. The number of nitriles is 1. The van der Waals surface area contributed by atoms with Crippen LogP contribution in [-0.2, 0) is 0 Å². The summed E-state index contributed by atoms with van der Waals surface area (Å²) in [5.74, 6) is 1.53. The molecule has 1 N–H and O–H groups in total. The molecule has 0 radical (unpaired) electrons. The summed E-state index contributed by atoms with van der Waals surface area (Å²) in [4.78, 5) is 9.45. The topological polar surface area (TPSA) is 72.5 Å². The first kappa shape index (κ1) is 19.0. The molecule has 7 heteroatoms. The van der Waals surface area contributed by atoms with Crippen molar-refractivity contribution in [2.45, 2.75) is 18.8 Å². The van der Waals surface area contributed by atoms with E-state index in [9.17, 15) is 5.26 Å². The van der Waals surface area contributed by atoms with Crippen LogP contribution in [-0.4, -0.2) is 65.8 Å². The maximum Gasteiger partial charge on any atom is 0.128 e. The van der Waals surface area contributed by atoms with Crippen molar-refractivity contribution in [1.29, 1.82) is 5.26 Å². The number of likely N-dealkylation sites (tertiary alicyclic amines) is 1. The fraction of sp³-hybridized carbons (Fsp3) is 0.435. The first-order valence-electron chi connectivity index (χ1n) is 10.7. The summed E-state index contributed by atoms with van der Waals surface area (Å²) in [7, 11) is 2.18. The number of aromatic nitrogens is 3. The van der Waals surface area contributed by atoms with E-state index >= 15 is 0 Å². The van der Waals surface area contributed by atoms with Crippen LogP contribution in [0.25, 0.3) is 16.6 Å². The zero-order valence-corrected chi connectivity index (χ0v) is 17.4. The van der Waals surface area contributed by atoms with E-state index in [4.69, 9.17) is 4.98 Å². The van der Waals surface area contributed by atoms with E-state index in [1.54, 1.807) is 6.20 Å². The molecular weight excluding hydrogens is 374 g/mol. The molecule has 5 rings (SSSR count). The lowest BCUT2D eigenvalue weighted by Gasteiger charge is -2.29. The predicted octanol–water partition coefficient (Wildman–Crippen LogP) is 2.49. The third-order valence-electron chi connectivity index (χ3n) is 6.44.